The zero-order valence-electron chi connectivity index (χ0n) is 10.1. The molecule has 0 atom stereocenters. The van der Waals surface area contributed by atoms with E-state index in [9.17, 15) is 18.0 Å². The van der Waals surface area contributed by atoms with Crippen LogP contribution >= 0.6 is 22.6 Å². The molecule has 20 heavy (non-hydrogen) atoms. The first kappa shape index (κ1) is 14.8. The smallest absolute Gasteiger partial charge is 0.228 e. The minimum atomic E-state index is -0.994. The zero-order valence-corrected chi connectivity index (χ0v) is 12.2. The molecule has 0 radical (unpaired) electrons. The van der Waals surface area contributed by atoms with Gasteiger partial charge in [-0.15, -0.1) is 0 Å². The Balaban J connectivity index is 2.07. The van der Waals surface area contributed by atoms with Crippen molar-refractivity contribution < 1.29 is 18.0 Å². The van der Waals surface area contributed by atoms with E-state index < -0.39 is 17.5 Å². The summed E-state index contributed by atoms with van der Waals surface area (Å²) in [5.74, 6) is -2.73. The van der Waals surface area contributed by atoms with E-state index in [2.05, 4.69) is 5.32 Å². The lowest BCUT2D eigenvalue weighted by Crippen LogP contribution is -2.15. The molecule has 0 saturated heterocycles. The fourth-order valence-corrected chi connectivity index (χ4v) is 2.23. The molecule has 6 heteroatoms. The Morgan fingerprint density at radius 1 is 1.05 bits per heavy atom. The van der Waals surface area contributed by atoms with Crippen LogP contribution in [0.5, 0.6) is 0 Å². The summed E-state index contributed by atoms with van der Waals surface area (Å²) in [5, 5.41) is 2.59. The van der Waals surface area contributed by atoms with Crippen LogP contribution in [0.2, 0.25) is 0 Å². The molecule has 0 aliphatic heterocycles. The minimum Gasteiger partial charge on any atom is -0.325 e. The molecule has 0 aromatic heterocycles. The van der Waals surface area contributed by atoms with Crippen molar-refractivity contribution in [2.75, 3.05) is 5.32 Å². The Hall–Kier alpha value is -1.57. The van der Waals surface area contributed by atoms with Gasteiger partial charge >= 0.3 is 0 Å². The Morgan fingerprint density at radius 3 is 2.45 bits per heavy atom. The standard InChI is InChI=1S/C14H9F3INO/c15-9-2-4-13(12(18)7-9)19-14(20)6-8-1-3-10(16)11(17)5-8/h1-5,7H,6H2,(H,19,20). The lowest BCUT2D eigenvalue weighted by atomic mass is 10.1. The number of halogens is 4. The van der Waals surface area contributed by atoms with Crippen LogP contribution in [0.4, 0.5) is 18.9 Å². The van der Waals surface area contributed by atoms with E-state index in [1.54, 1.807) is 0 Å². The molecule has 104 valence electrons. The summed E-state index contributed by atoms with van der Waals surface area (Å²) in [4.78, 5) is 11.8. The van der Waals surface area contributed by atoms with Crippen LogP contribution in [0, 0.1) is 21.0 Å². The van der Waals surface area contributed by atoms with Crippen LogP contribution in [0.15, 0.2) is 36.4 Å². The van der Waals surface area contributed by atoms with Gasteiger partial charge in [0.05, 0.1) is 12.1 Å². The summed E-state index contributed by atoms with van der Waals surface area (Å²) in [5.41, 5.74) is 0.832. The van der Waals surface area contributed by atoms with E-state index >= 15 is 0 Å². The van der Waals surface area contributed by atoms with Crippen molar-refractivity contribution in [3.8, 4) is 0 Å². The highest BCUT2D eigenvalue weighted by molar-refractivity contribution is 14.1. The van der Waals surface area contributed by atoms with E-state index in [1.807, 2.05) is 22.6 Å². The Bertz CT molecular complexity index is 661. The number of carbonyl (C=O) groups is 1. The second kappa shape index (κ2) is 6.25. The molecule has 2 nitrogen and oxygen atoms in total. The molecular formula is C14H9F3INO. The van der Waals surface area contributed by atoms with Crippen molar-refractivity contribution in [3.05, 3.63) is 63.0 Å². The van der Waals surface area contributed by atoms with Gasteiger partial charge in [-0.2, -0.15) is 0 Å². The van der Waals surface area contributed by atoms with Gasteiger partial charge in [0.15, 0.2) is 11.6 Å². The number of benzene rings is 2. The van der Waals surface area contributed by atoms with Crippen molar-refractivity contribution in [3.63, 3.8) is 0 Å². The van der Waals surface area contributed by atoms with Crippen LogP contribution < -0.4 is 5.32 Å². The largest absolute Gasteiger partial charge is 0.325 e. The van der Waals surface area contributed by atoms with Gasteiger partial charge in [-0.1, -0.05) is 6.07 Å². The molecule has 0 fully saturated rings. The summed E-state index contributed by atoms with van der Waals surface area (Å²) in [6.07, 6.45) is -0.0926. The molecular weight excluding hydrogens is 382 g/mol. The van der Waals surface area contributed by atoms with E-state index in [4.69, 9.17) is 0 Å². The summed E-state index contributed by atoms with van der Waals surface area (Å²) in [7, 11) is 0. The molecule has 0 aliphatic carbocycles. The van der Waals surface area contributed by atoms with Crippen molar-refractivity contribution in [1.29, 1.82) is 0 Å². The predicted molar refractivity (Wildman–Crippen MR) is 77.8 cm³/mol. The van der Waals surface area contributed by atoms with Crippen LogP contribution in [0.25, 0.3) is 0 Å². The van der Waals surface area contributed by atoms with Crippen LogP contribution in [0.1, 0.15) is 5.56 Å². The second-order valence-corrected chi connectivity index (χ2v) is 5.26. The molecule has 2 aromatic rings. The summed E-state index contributed by atoms with van der Waals surface area (Å²) in [6, 6.07) is 7.25. The highest BCUT2D eigenvalue weighted by Gasteiger charge is 2.09. The summed E-state index contributed by atoms with van der Waals surface area (Å²) >= 11 is 1.90. The van der Waals surface area contributed by atoms with Gasteiger partial charge in [0, 0.05) is 3.57 Å². The van der Waals surface area contributed by atoms with Crippen molar-refractivity contribution >= 4 is 34.2 Å². The van der Waals surface area contributed by atoms with Crippen LogP contribution in [-0.4, -0.2) is 5.91 Å². The maximum Gasteiger partial charge on any atom is 0.228 e. The number of hydrogen-bond donors (Lipinski definition) is 1. The number of carbonyl (C=O) groups excluding carboxylic acids is 1. The fourth-order valence-electron chi connectivity index (χ4n) is 1.62. The van der Waals surface area contributed by atoms with Gasteiger partial charge in [0.1, 0.15) is 5.82 Å². The Kier molecular flexibility index (Phi) is 4.64. The van der Waals surface area contributed by atoms with E-state index in [-0.39, 0.29) is 12.3 Å². The molecule has 1 N–H and O–H groups in total. The van der Waals surface area contributed by atoms with E-state index in [0.717, 1.165) is 12.1 Å². The number of nitrogens with one attached hydrogen (secondary N) is 1. The van der Waals surface area contributed by atoms with Gasteiger partial charge < -0.3 is 5.32 Å². The third kappa shape index (κ3) is 3.72. The monoisotopic (exact) mass is 391 g/mol. The first-order valence-electron chi connectivity index (χ1n) is 5.64. The second-order valence-electron chi connectivity index (χ2n) is 4.10. The number of rotatable bonds is 3. The van der Waals surface area contributed by atoms with Gasteiger partial charge in [0.2, 0.25) is 5.91 Å². The zero-order chi connectivity index (χ0) is 14.7. The molecule has 1 amide bonds. The number of amides is 1. The van der Waals surface area contributed by atoms with Crippen LogP contribution in [0.3, 0.4) is 0 Å². The quantitative estimate of drug-likeness (QED) is 0.791. The van der Waals surface area contributed by atoms with Gasteiger partial charge in [-0.25, -0.2) is 13.2 Å². The highest BCUT2D eigenvalue weighted by atomic mass is 127. The van der Waals surface area contributed by atoms with Gasteiger partial charge in [0.25, 0.3) is 0 Å². The number of hydrogen-bond acceptors (Lipinski definition) is 1. The third-order valence-electron chi connectivity index (χ3n) is 2.55. The lowest BCUT2D eigenvalue weighted by Gasteiger charge is -2.07. The molecule has 0 spiro atoms. The molecule has 0 saturated carbocycles. The summed E-state index contributed by atoms with van der Waals surface area (Å²) in [6.45, 7) is 0. The van der Waals surface area contributed by atoms with Crippen molar-refractivity contribution in [1.82, 2.24) is 0 Å². The average Bonchev–Trinajstić information content (AvgIpc) is 2.37. The predicted octanol–water partition coefficient (Wildman–Crippen LogP) is 3.89. The number of anilines is 1. The van der Waals surface area contributed by atoms with Crippen molar-refractivity contribution in [2.45, 2.75) is 6.42 Å². The fraction of sp³-hybridized carbons (Fsp3) is 0.0714. The van der Waals surface area contributed by atoms with E-state index in [1.165, 1.54) is 24.3 Å². The molecule has 2 aromatic carbocycles. The third-order valence-corrected chi connectivity index (χ3v) is 3.45. The highest BCUT2D eigenvalue weighted by Crippen LogP contribution is 2.19. The molecule has 0 aliphatic rings. The van der Waals surface area contributed by atoms with Crippen molar-refractivity contribution in [2.24, 2.45) is 0 Å². The SMILES string of the molecule is O=C(Cc1ccc(F)c(F)c1)Nc1ccc(F)cc1I. The van der Waals surface area contributed by atoms with Gasteiger partial charge in [-0.3, -0.25) is 4.79 Å². The molecule has 0 bridgehead atoms. The summed E-state index contributed by atoms with van der Waals surface area (Å²) < 4.78 is 39.3. The van der Waals surface area contributed by atoms with Gasteiger partial charge in [-0.05, 0) is 58.5 Å². The molecule has 0 unspecified atom stereocenters. The minimum absolute atomic E-state index is 0.0926. The molecule has 2 rings (SSSR count). The Morgan fingerprint density at radius 2 is 1.80 bits per heavy atom. The van der Waals surface area contributed by atoms with Crippen LogP contribution in [-0.2, 0) is 11.2 Å². The first-order valence-corrected chi connectivity index (χ1v) is 6.72. The lowest BCUT2D eigenvalue weighted by molar-refractivity contribution is -0.115. The Labute approximate surface area is 127 Å². The average molecular weight is 391 g/mol. The van der Waals surface area contributed by atoms with E-state index in [0.29, 0.717) is 14.8 Å². The topological polar surface area (TPSA) is 29.1 Å². The first-order chi connectivity index (χ1) is 9.45. The molecule has 0 heterocycles. The maximum absolute atomic E-state index is 13.0. The normalized spacial score (nSPS) is 10.4. The maximum atomic E-state index is 13.0.